The van der Waals surface area contributed by atoms with Gasteiger partial charge in [0.25, 0.3) is 0 Å². The highest BCUT2D eigenvalue weighted by Gasteiger charge is 2.63. The summed E-state index contributed by atoms with van der Waals surface area (Å²) in [6.07, 6.45) is 5.02. The Labute approximate surface area is 255 Å². The first-order chi connectivity index (χ1) is 20.9. The lowest BCUT2D eigenvalue weighted by atomic mass is 9.85. The molecule has 2 amide bonds. The number of fused-ring (bicyclic) bond motifs is 4. The molecule has 3 aromatic carbocycles. The number of methoxy groups -OCH3 is 1. The van der Waals surface area contributed by atoms with Crippen molar-refractivity contribution in [3.8, 4) is 17.2 Å². The Kier molecular flexibility index (Phi) is 6.65. The average Bonchev–Trinajstić information content (AvgIpc) is 3.51. The number of ether oxygens (including phenoxy) is 3. The quantitative estimate of drug-likeness (QED) is 0.284. The van der Waals surface area contributed by atoms with Gasteiger partial charge in [0.2, 0.25) is 11.8 Å². The molecule has 0 spiro atoms. The summed E-state index contributed by atoms with van der Waals surface area (Å²) in [4.78, 5) is 58.7. The molecule has 10 heteroatoms. The third-order valence-corrected chi connectivity index (χ3v) is 8.95. The third kappa shape index (κ3) is 4.36. The molecule has 4 aliphatic rings. The van der Waals surface area contributed by atoms with Crippen LogP contribution < -0.4 is 19.1 Å². The van der Waals surface area contributed by atoms with Crippen LogP contribution in [0.15, 0.2) is 95.1 Å². The van der Waals surface area contributed by atoms with Crippen molar-refractivity contribution in [1.29, 1.82) is 0 Å². The largest absolute Gasteiger partial charge is 0.496 e. The second kappa shape index (κ2) is 10.5. The van der Waals surface area contributed by atoms with Gasteiger partial charge in [-0.05, 0) is 52.3 Å². The molecule has 216 valence electrons. The Bertz CT molecular complexity index is 1750. The van der Waals surface area contributed by atoms with Crippen LogP contribution in [0.2, 0.25) is 0 Å². The monoisotopic (exact) mass is 640 g/mol. The summed E-state index contributed by atoms with van der Waals surface area (Å²) in [5, 5.41) is 0. The highest BCUT2D eigenvalue weighted by Crippen LogP contribution is 2.48. The van der Waals surface area contributed by atoms with Crippen LogP contribution in [-0.4, -0.2) is 60.7 Å². The average molecular weight is 641 g/mol. The lowest BCUT2D eigenvalue weighted by molar-refractivity contribution is -0.123. The van der Waals surface area contributed by atoms with Crippen molar-refractivity contribution in [3.63, 3.8) is 0 Å². The fraction of sp³-hybridized carbons (Fsp3) is 0.212. The molecule has 9 nitrogen and oxygen atoms in total. The van der Waals surface area contributed by atoms with Crippen LogP contribution in [0, 0.1) is 11.8 Å². The van der Waals surface area contributed by atoms with Crippen LogP contribution in [0.25, 0.3) is 0 Å². The van der Waals surface area contributed by atoms with Gasteiger partial charge in [-0.15, -0.1) is 0 Å². The van der Waals surface area contributed by atoms with Gasteiger partial charge in [0.15, 0.2) is 23.1 Å². The van der Waals surface area contributed by atoms with Crippen LogP contribution in [0.3, 0.4) is 0 Å². The maximum atomic E-state index is 14.2. The first-order valence-electron chi connectivity index (χ1n) is 13.8. The molecule has 0 N–H and O–H groups in total. The van der Waals surface area contributed by atoms with Gasteiger partial charge in [-0.3, -0.25) is 19.2 Å². The van der Waals surface area contributed by atoms with Gasteiger partial charge in [-0.1, -0.05) is 36.4 Å². The maximum absolute atomic E-state index is 14.2. The molecule has 2 saturated heterocycles. The second-order valence-corrected chi connectivity index (χ2v) is 11.5. The summed E-state index contributed by atoms with van der Waals surface area (Å²) in [6.45, 7) is 0.759. The highest BCUT2D eigenvalue weighted by molar-refractivity contribution is 9.10. The highest BCUT2D eigenvalue weighted by atomic mass is 79.9. The summed E-state index contributed by atoms with van der Waals surface area (Å²) in [5.74, 6) is -1.79. The molecule has 0 bridgehead atoms. The molecule has 43 heavy (non-hydrogen) atoms. The van der Waals surface area contributed by atoms with Crippen molar-refractivity contribution >= 4 is 45.0 Å². The predicted molar refractivity (Wildman–Crippen MR) is 159 cm³/mol. The third-order valence-electron chi connectivity index (χ3n) is 8.34. The zero-order valence-corrected chi connectivity index (χ0v) is 24.5. The fourth-order valence-corrected chi connectivity index (χ4v) is 6.91. The van der Waals surface area contributed by atoms with Crippen molar-refractivity contribution in [2.75, 3.05) is 25.2 Å². The van der Waals surface area contributed by atoms with E-state index in [0.29, 0.717) is 57.3 Å². The number of rotatable bonds is 6. The van der Waals surface area contributed by atoms with Crippen LogP contribution in [0.5, 0.6) is 17.2 Å². The summed E-state index contributed by atoms with van der Waals surface area (Å²) < 4.78 is 17.2. The molecule has 0 saturated carbocycles. The fourth-order valence-electron chi connectivity index (χ4n) is 6.37. The molecule has 0 aliphatic carbocycles. The zero-order chi connectivity index (χ0) is 29.8. The molecule has 7 rings (SSSR count). The van der Waals surface area contributed by atoms with E-state index in [9.17, 15) is 19.2 Å². The van der Waals surface area contributed by atoms with Crippen molar-refractivity contribution in [2.24, 2.45) is 11.8 Å². The number of carbonyl (C=O) groups is 4. The van der Waals surface area contributed by atoms with Gasteiger partial charge in [0, 0.05) is 29.0 Å². The van der Waals surface area contributed by atoms with E-state index >= 15 is 0 Å². The lowest BCUT2D eigenvalue weighted by Crippen LogP contribution is -2.46. The molecule has 0 unspecified atom stereocenters. The van der Waals surface area contributed by atoms with Gasteiger partial charge in [0.1, 0.15) is 25.0 Å². The second-order valence-electron chi connectivity index (χ2n) is 10.6. The summed E-state index contributed by atoms with van der Waals surface area (Å²) in [7, 11) is 1.53. The minimum atomic E-state index is -0.980. The number of hydrogen-bond donors (Lipinski definition) is 0. The number of halogens is 1. The number of allylic oxidation sites excluding steroid dienone is 2. The Morgan fingerprint density at radius 3 is 2.37 bits per heavy atom. The van der Waals surface area contributed by atoms with E-state index in [1.807, 2.05) is 6.07 Å². The predicted octanol–water partition coefficient (Wildman–Crippen LogP) is 4.61. The van der Waals surface area contributed by atoms with E-state index in [0.717, 1.165) is 4.90 Å². The number of ketones is 2. The normalized spacial score (nSPS) is 23.5. The number of amides is 2. The molecule has 4 aliphatic heterocycles. The van der Waals surface area contributed by atoms with Crippen LogP contribution in [0.4, 0.5) is 5.69 Å². The number of benzene rings is 3. The molecular weight excluding hydrogens is 616 g/mol. The van der Waals surface area contributed by atoms with E-state index in [4.69, 9.17) is 14.2 Å². The van der Waals surface area contributed by atoms with E-state index in [-0.39, 0.29) is 11.6 Å². The van der Waals surface area contributed by atoms with Crippen LogP contribution in [0.1, 0.15) is 20.7 Å². The van der Waals surface area contributed by atoms with Gasteiger partial charge < -0.3 is 19.1 Å². The van der Waals surface area contributed by atoms with Crippen molar-refractivity contribution in [1.82, 2.24) is 4.90 Å². The number of anilines is 1. The van der Waals surface area contributed by atoms with Gasteiger partial charge in [-0.2, -0.15) is 0 Å². The molecule has 0 aromatic heterocycles. The number of hydrogen-bond acceptors (Lipinski definition) is 8. The van der Waals surface area contributed by atoms with Crippen molar-refractivity contribution < 1.29 is 33.4 Å². The maximum Gasteiger partial charge on any atom is 0.240 e. The van der Waals surface area contributed by atoms with Gasteiger partial charge >= 0.3 is 0 Å². The summed E-state index contributed by atoms with van der Waals surface area (Å²) >= 11 is 3.44. The first kappa shape index (κ1) is 27.2. The van der Waals surface area contributed by atoms with E-state index in [2.05, 4.69) is 15.9 Å². The molecular formula is C33H25BrN2O7. The molecule has 2 fully saturated rings. The van der Waals surface area contributed by atoms with E-state index in [1.165, 1.54) is 7.11 Å². The van der Waals surface area contributed by atoms with Crippen LogP contribution in [-0.2, 0) is 9.59 Å². The minimum Gasteiger partial charge on any atom is -0.496 e. The van der Waals surface area contributed by atoms with Crippen molar-refractivity contribution in [3.05, 3.63) is 106 Å². The van der Waals surface area contributed by atoms with E-state index < -0.39 is 35.7 Å². The summed E-state index contributed by atoms with van der Waals surface area (Å²) in [5.41, 5.74) is 1.60. The number of nitrogens with zero attached hydrogens (tertiary/aromatic N) is 2. The van der Waals surface area contributed by atoms with Crippen molar-refractivity contribution in [2.45, 2.75) is 12.1 Å². The standard InChI is InChI=1S/C33H25BrN2O7/c1-41-24-9-7-19(15-22(24)34)31(38)29-28-27(23-16-20(11-12-35(23)29)30(37)18-5-3-2-4-6-18)32(39)36(33(28)40)21-8-10-25-26(17-21)43-14-13-42-25/h2-12,15-17,23,27-29H,13-14H2,1H3/t23-,27-,28-,29+/m1/s1. The first-order valence-corrected chi connectivity index (χ1v) is 14.6. The summed E-state index contributed by atoms with van der Waals surface area (Å²) in [6, 6.07) is 17.1. The molecule has 3 aromatic rings. The topological polar surface area (TPSA) is 102 Å². The number of imide groups is 1. The Morgan fingerprint density at radius 2 is 1.63 bits per heavy atom. The molecule has 4 atom stereocenters. The Balaban J connectivity index is 1.30. The number of Topliss-reactive ketones (excluding diaryl/α,β-unsaturated/α-hetero) is 2. The number of carbonyl (C=O) groups excluding carboxylic acids is 4. The van der Waals surface area contributed by atoms with Gasteiger partial charge in [0.05, 0.1) is 35.1 Å². The molecule has 4 heterocycles. The Morgan fingerprint density at radius 1 is 0.884 bits per heavy atom. The smallest absolute Gasteiger partial charge is 0.240 e. The van der Waals surface area contributed by atoms with Crippen LogP contribution >= 0.6 is 15.9 Å². The minimum absolute atomic E-state index is 0.206. The molecule has 0 radical (unpaired) electrons. The Hall–Kier alpha value is -4.70. The van der Waals surface area contributed by atoms with E-state index in [1.54, 1.807) is 83.9 Å². The lowest BCUT2D eigenvalue weighted by Gasteiger charge is -2.33. The van der Waals surface area contributed by atoms with Gasteiger partial charge in [-0.25, -0.2) is 4.90 Å². The SMILES string of the molecule is COc1ccc(C(=O)[C@@H]2[C@@H]3C(=O)N(c4ccc5c(c4)OCCO5)C(=O)[C@@H]3[C@H]3C=C(C(=O)c4ccccc4)C=CN32)cc1Br. The zero-order valence-electron chi connectivity index (χ0n) is 22.9.